The van der Waals surface area contributed by atoms with E-state index in [0.29, 0.717) is 12.7 Å². The summed E-state index contributed by atoms with van der Waals surface area (Å²) in [6, 6.07) is 0. The van der Waals surface area contributed by atoms with Crippen molar-refractivity contribution in [3.63, 3.8) is 0 Å². The minimum absolute atomic E-state index is 0.454. The molecule has 0 fully saturated rings. The van der Waals surface area contributed by atoms with Crippen LogP contribution in [0.2, 0.25) is 0 Å². The predicted molar refractivity (Wildman–Crippen MR) is 67.1 cm³/mol. The van der Waals surface area contributed by atoms with E-state index in [4.69, 9.17) is 0 Å². The lowest BCUT2D eigenvalue weighted by Crippen LogP contribution is -2.20. The maximum atomic E-state index is 2.54. The van der Waals surface area contributed by atoms with Crippen LogP contribution in [0.15, 0.2) is 22.2 Å². The van der Waals surface area contributed by atoms with E-state index in [9.17, 15) is 0 Å². The standard InChI is InChI=1S/C9H18BPS/c1-9(2,3)11(4,10)8-6-5-7-12-8/h5-7H,1-4,10H3/q+1. The van der Waals surface area contributed by atoms with Gasteiger partial charge in [0.25, 0.3) is 4.65 Å². The Kier molecular flexibility index (Phi) is 2.80. The second-order valence-corrected chi connectivity index (χ2v) is 7.87. The van der Waals surface area contributed by atoms with E-state index in [1.54, 1.807) is 4.65 Å². The lowest BCUT2D eigenvalue weighted by Gasteiger charge is -2.34. The van der Waals surface area contributed by atoms with E-state index in [1.807, 2.05) is 11.8 Å². The van der Waals surface area contributed by atoms with Crippen molar-refractivity contribution in [2.75, 3.05) is 6.66 Å². The van der Waals surface area contributed by atoms with Crippen LogP contribution in [-0.4, -0.2) is 19.4 Å². The van der Waals surface area contributed by atoms with E-state index < -0.39 is 7.14 Å². The van der Waals surface area contributed by atoms with Crippen molar-refractivity contribution in [1.82, 2.24) is 0 Å². The van der Waals surface area contributed by atoms with Gasteiger partial charge in [0.15, 0.2) is 5.41 Å². The molecule has 1 aliphatic heterocycles. The minimum Gasteiger partial charge on any atom is -0.0684 e. The Balaban J connectivity index is 2.86. The number of hydrogen-bond donors (Lipinski definition) is 0. The summed E-state index contributed by atoms with van der Waals surface area (Å²) in [4.78, 5) is 0. The highest BCUT2D eigenvalue weighted by Crippen LogP contribution is 2.68. The molecule has 3 heteroatoms. The zero-order chi connectivity index (χ0) is 9.41. The molecule has 1 heterocycles. The summed E-state index contributed by atoms with van der Waals surface area (Å²) in [7, 11) is -0.209. The van der Waals surface area contributed by atoms with Crippen molar-refractivity contribution in [1.29, 1.82) is 0 Å². The van der Waals surface area contributed by atoms with Gasteiger partial charge in [-0.05, 0) is 26.8 Å². The predicted octanol–water partition coefficient (Wildman–Crippen LogP) is 2.16. The van der Waals surface area contributed by atoms with Gasteiger partial charge in [-0.25, -0.2) is 0 Å². The van der Waals surface area contributed by atoms with E-state index in [1.165, 1.54) is 0 Å². The average Bonchev–Trinajstić information content (AvgIpc) is 2.34. The first-order valence-electron chi connectivity index (χ1n) is 3.79. The molecule has 0 N–H and O–H groups in total. The summed E-state index contributed by atoms with van der Waals surface area (Å²) in [5.74, 6) is 0. The molecule has 0 saturated carbocycles. The summed E-state index contributed by atoms with van der Waals surface area (Å²) in [6.07, 6.45) is 4.54. The van der Waals surface area contributed by atoms with Gasteiger partial charge >= 0.3 is 11.8 Å². The van der Waals surface area contributed by atoms with Crippen molar-refractivity contribution >= 4 is 26.5 Å². The molecule has 12 heavy (non-hydrogen) atoms. The van der Waals surface area contributed by atoms with Crippen LogP contribution in [0.25, 0.3) is 0 Å². The van der Waals surface area contributed by atoms with Crippen LogP contribution in [0.5, 0.6) is 0 Å². The zero-order valence-corrected chi connectivity index (χ0v) is 9.30. The third kappa shape index (κ3) is 1.80. The molecule has 1 rings (SSSR count). The second-order valence-electron chi connectivity index (χ2n) is 3.68. The molecule has 0 aromatic rings. The Labute approximate surface area is 81.6 Å². The molecule has 0 aliphatic carbocycles. The van der Waals surface area contributed by atoms with Crippen LogP contribution in [0.3, 0.4) is 0 Å². The fraction of sp³-hybridized carbons (Fsp3) is 0.556. The number of allylic oxidation sites excluding steroid dienone is 2. The SMILES string of the molecule is [BH3-][P+](C)(C1=CC=C[S+]1)C(C)(C)C. The summed E-state index contributed by atoms with van der Waals surface area (Å²) in [5, 5.41) is 2.78. The largest absolute Gasteiger partial charge is 0.311 e. The molecule has 0 saturated heterocycles. The molecule has 0 amide bonds. The Morgan fingerprint density at radius 2 is 2.00 bits per heavy atom. The smallest absolute Gasteiger partial charge is 0.0684 e. The quantitative estimate of drug-likeness (QED) is 0.355. The summed E-state index contributed by atoms with van der Waals surface area (Å²) in [6.45, 7) is 9.77. The fourth-order valence-electron chi connectivity index (χ4n) is 0.791. The zero-order valence-electron chi connectivity index (χ0n) is 7.59. The van der Waals surface area contributed by atoms with Crippen LogP contribution < -0.4 is 0 Å². The van der Waals surface area contributed by atoms with E-state index in [-0.39, 0.29) is 0 Å². The molecule has 67 valence electrons. The van der Waals surface area contributed by atoms with Gasteiger partial charge in [-0.1, -0.05) is 7.14 Å². The molecule has 0 spiro atoms. The monoisotopic (exact) mass is 200 g/mol. The Morgan fingerprint density at radius 1 is 1.42 bits per heavy atom. The molecule has 1 aliphatic rings. The van der Waals surface area contributed by atoms with Gasteiger partial charge in [-0.3, -0.25) is 0 Å². The van der Waals surface area contributed by atoms with Gasteiger partial charge in [-0.2, -0.15) is 0 Å². The van der Waals surface area contributed by atoms with Gasteiger partial charge < -0.3 is 0 Å². The maximum absolute atomic E-state index is 2.54. The molecule has 0 nitrogen and oxygen atoms in total. The van der Waals surface area contributed by atoms with Crippen LogP contribution in [0.4, 0.5) is 0 Å². The Hall–Kier alpha value is 0.325. The maximum Gasteiger partial charge on any atom is 0.311 e. The first-order chi connectivity index (χ1) is 5.36. The van der Waals surface area contributed by atoms with Gasteiger partial charge in [0.1, 0.15) is 7.57 Å². The molecular formula is C9H18BPS+. The van der Waals surface area contributed by atoms with Gasteiger partial charge in [0, 0.05) is 17.9 Å². The van der Waals surface area contributed by atoms with Crippen molar-refractivity contribution in [3.05, 3.63) is 22.2 Å². The highest BCUT2D eigenvalue weighted by atomic mass is 32.2. The van der Waals surface area contributed by atoms with E-state index >= 15 is 0 Å². The number of thioether (sulfide) groups is 1. The van der Waals surface area contributed by atoms with E-state index in [2.05, 4.69) is 45.0 Å². The molecular weight excluding hydrogens is 182 g/mol. The summed E-state index contributed by atoms with van der Waals surface area (Å²) < 4.78 is 1.70. The van der Waals surface area contributed by atoms with Crippen molar-refractivity contribution in [2.24, 2.45) is 0 Å². The Morgan fingerprint density at radius 3 is 2.33 bits per heavy atom. The average molecular weight is 200 g/mol. The summed E-state index contributed by atoms with van der Waals surface area (Å²) >= 11 is 1.97. The lowest BCUT2D eigenvalue weighted by atomic mass is 10.3. The molecule has 1 radical (unpaired) electrons. The molecule has 0 aromatic carbocycles. The van der Waals surface area contributed by atoms with Crippen LogP contribution in [0.1, 0.15) is 20.8 Å². The van der Waals surface area contributed by atoms with Gasteiger partial charge in [0.05, 0.1) is 0 Å². The number of hydrogen-bond acceptors (Lipinski definition) is 1. The molecule has 1 atom stereocenters. The van der Waals surface area contributed by atoms with Crippen LogP contribution >= 0.6 is 7.14 Å². The highest BCUT2D eigenvalue weighted by Gasteiger charge is 2.45. The van der Waals surface area contributed by atoms with Gasteiger partial charge in [0.2, 0.25) is 0 Å². The fourth-order valence-corrected chi connectivity index (χ4v) is 3.85. The normalized spacial score (nSPS) is 22.2. The molecule has 0 aromatic heterocycles. The van der Waals surface area contributed by atoms with Crippen molar-refractivity contribution < 1.29 is 0 Å². The first kappa shape index (κ1) is 10.4. The van der Waals surface area contributed by atoms with Crippen LogP contribution in [-0.2, 0) is 11.8 Å². The number of rotatable bonds is 1. The molecule has 0 bridgehead atoms. The summed E-state index contributed by atoms with van der Waals surface area (Å²) in [5.41, 5.74) is 0. The van der Waals surface area contributed by atoms with Crippen LogP contribution in [0, 0.1) is 0 Å². The van der Waals surface area contributed by atoms with E-state index in [0.717, 1.165) is 0 Å². The third-order valence-electron chi connectivity index (χ3n) is 1.84. The Bertz CT molecular complexity index is 235. The lowest BCUT2D eigenvalue weighted by molar-refractivity contribution is 0.786. The van der Waals surface area contributed by atoms with Crippen molar-refractivity contribution in [3.8, 4) is 0 Å². The van der Waals surface area contributed by atoms with Crippen molar-refractivity contribution in [2.45, 2.75) is 25.9 Å². The molecule has 1 unspecified atom stereocenters. The second kappa shape index (κ2) is 3.23. The third-order valence-corrected chi connectivity index (χ3v) is 6.47. The highest BCUT2D eigenvalue weighted by molar-refractivity contribution is 8.12. The topological polar surface area (TPSA) is 0 Å². The van der Waals surface area contributed by atoms with Gasteiger partial charge in [-0.15, -0.1) is 0 Å². The minimum atomic E-state index is -0.662. The first-order valence-corrected chi connectivity index (χ1v) is 6.46.